The van der Waals surface area contributed by atoms with Gasteiger partial charge in [-0.2, -0.15) is 0 Å². The lowest BCUT2D eigenvalue weighted by Gasteiger charge is -2.33. The average Bonchev–Trinajstić information content (AvgIpc) is 3.55. The van der Waals surface area contributed by atoms with E-state index in [1.165, 1.54) is 30.3 Å². The summed E-state index contributed by atoms with van der Waals surface area (Å²) in [4.78, 5) is 61.5. The molecule has 0 aliphatic carbocycles. The maximum absolute atomic E-state index is 14.9. The van der Waals surface area contributed by atoms with Crippen molar-refractivity contribution in [3.05, 3.63) is 58.7 Å². The lowest BCUT2D eigenvalue weighted by atomic mass is 9.91. The van der Waals surface area contributed by atoms with E-state index in [2.05, 4.69) is 26.4 Å². The lowest BCUT2D eigenvalue weighted by Crippen LogP contribution is -2.58. The predicted octanol–water partition coefficient (Wildman–Crippen LogP) is 0.490. The van der Waals surface area contributed by atoms with Gasteiger partial charge in [0.05, 0.1) is 19.2 Å². The van der Waals surface area contributed by atoms with Gasteiger partial charge in [0, 0.05) is 23.7 Å². The molecular weight excluding hydrogens is 503 g/mol. The number of hydroxylamine groups is 1. The number of fused-ring (bicyclic) bond motifs is 2. The third-order valence-corrected chi connectivity index (χ3v) is 7.13. The normalized spacial score (nSPS) is 24.9. The van der Waals surface area contributed by atoms with Gasteiger partial charge in [0.25, 0.3) is 17.7 Å². The smallest absolute Gasteiger partial charge is 0.322 e. The number of amides is 5. The average molecular weight is 524 g/mol. The number of carbonyl (C=O) groups excluding carboxylic acids is 4. The van der Waals surface area contributed by atoms with Gasteiger partial charge in [-0.05, 0) is 30.7 Å². The molecule has 3 aromatic rings. The second-order valence-electron chi connectivity index (χ2n) is 9.34. The fourth-order valence-corrected chi connectivity index (χ4v) is 4.94. The number of methoxy groups -OCH3 is 1. The number of hydrogen-bond donors (Lipinski definition) is 4. The van der Waals surface area contributed by atoms with Crippen LogP contribution >= 0.6 is 0 Å². The molecule has 0 saturated carbocycles. The Morgan fingerprint density at radius 3 is 2.71 bits per heavy atom. The highest BCUT2D eigenvalue weighted by Crippen LogP contribution is 2.36. The van der Waals surface area contributed by atoms with E-state index in [1.807, 2.05) is 0 Å². The molecule has 1 unspecified atom stereocenters. The number of nitrogens with zero attached hydrogens (tertiary/aromatic N) is 2. The molecular formula is C24H21FN6O7. The molecule has 3 aliphatic heterocycles. The van der Waals surface area contributed by atoms with Crippen LogP contribution in [0.3, 0.4) is 0 Å². The number of pyridine rings is 1. The van der Waals surface area contributed by atoms with Crippen molar-refractivity contribution >= 4 is 34.9 Å². The van der Waals surface area contributed by atoms with E-state index in [4.69, 9.17) is 14.0 Å². The summed E-state index contributed by atoms with van der Waals surface area (Å²) in [6, 6.07) is 5.38. The monoisotopic (exact) mass is 524 g/mol. The summed E-state index contributed by atoms with van der Waals surface area (Å²) in [6.45, 7) is 1.39. The minimum atomic E-state index is -1.81. The molecule has 3 aliphatic rings. The maximum Gasteiger partial charge on any atom is 0.322 e. The van der Waals surface area contributed by atoms with Gasteiger partial charge in [0.15, 0.2) is 17.1 Å². The summed E-state index contributed by atoms with van der Waals surface area (Å²) in [5, 5.41) is 8.18. The summed E-state index contributed by atoms with van der Waals surface area (Å²) < 4.78 is 25.7. The van der Waals surface area contributed by atoms with Crippen molar-refractivity contribution in [2.45, 2.75) is 24.5 Å². The summed E-state index contributed by atoms with van der Waals surface area (Å²) >= 11 is 0. The molecule has 2 atom stereocenters. The molecule has 2 saturated heterocycles. The summed E-state index contributed by atoms with van der Waals surface area (Å²) in [6.07, 6.45) is 1.45. The van der Waals surface area contributed by atoms with Crippen molar-refractivity contribution in [1.29, 1.82) is 0 Å². The van der Waals surface area contributed by atoms with Crippen LogP contribution in [0.15, 0.2) is 34.9 Å². The van der Waals surface area contributed by atoms with Crippen molar-refractivity contribution in [2.24, 2.45) is 0 Å². The molecule has 0 spiro atoms. The predicted molar refractivity (Wildman–Crippen MR) is 125 cm³/mol. The quantitative estimate of drug-likeness (QED) is 0.348. The number of halogens is 1. The lowest BCUT2D eigenvalue weighted by molar-refractivity contribution is -0.151. The number of nitrogens with one attached hydrogen (secondary N) is 4. The highest BCUT2D eigenvalue weighted by molar-refractivity contribution is 6.08. The van der Waals surface area contributed by atoms with Gasteiger partial charge in [-0.25, -0.2) is 19.6 Å². The van der Waals surface area contributed by atoms with Gasteiger partial charge in [0.1, 0.15) is 18.0 Å². The Balaban J connectivity index is 1.38. The van der Waals surface area contributed by atoms with Crippen molar-refractivity contribution < 1.29 is 37.6 Å². The highest BCUT2D eigenvalue weighted by atomic mass is 19.1. The minimum Gasteiger partial charge on any atom is -0.494 e. The van der Waals surface area contributed by atoms with Crippen molar-refractivity contribution in [1.82, 2.24) is 31.3 Å². The third-order valence-electron chi connectivity index (χ3n) is 7.13. The van der Waals surface area contributed by atoms with Crippen LogP contribution in [-0.2, 0) is 32.0 Å². The molecule has 13 nitrogen and oxygen atoms in total. The Bertz CT molecular complexity index is 1560. The van der Waals surface area contributed by atoms with Gasteiger partial charge >= 0.3 is 6.03 Å². The molecule has 6 rings (SSSR count). The molecule has 4 N–H and O–H groups in total. The summed E-state index contributed by atoms with van der Waals surface area (Å²) in [5.41, 5.74) is 0.266. The van der Waals surface area contributed by atoms with E-state index in [0.29, 0.717) is 16.5 Å². The molecule has 2 fully saturated rings. The Labute approximate surface area is 213 Å². The standard InChI is InChI=1S/C24H21FN6O7/c1-23(20(33)30-37-10-27-23)13-5-12-6-15(38-18(12)26-7-13)24(21(34)28-22(35)29-24)9-31-8-11-3-4-14(36-2)17(25)16(11)19(31)32/h3-7,27H,8-10H2,1-2H3,(H,30,33)(H2,28,29,34,35)/t23?,24-/m0/s1. The van der Waals surface area contributed by atoms with E-state index in [1.54, 1.807) is 19.1 Å². The second-order valence-corrected chi connectivity index (χ2v) is 9.34. The first-order valence-electron chi connectivity index (χ1n) is 11.5. The fourth-order valence-electron chi connectivity index (χ4n) is 4.94. The number of imide groups is 1. The molecule has 196 valence electrons. The summed E-state index contributed by atoms with van der Waals surface area (Å²) in [7, 11) is 1.29. The van der Waals surface area contributed by atoms with Crippen molar-refractivity contribution in [2.75, 3.05) is 20.4 Å². The molecule has 5 heterocycles. The number of ether oxygens (including phenoxy) is 1. The zero-order valence-electron chi connectivity index (χ0n) is 20.1. The zero-order valence-corrected chi connectivity index (χ0v) is 20.1. The number of rotatable bonds is 5. The molecule has 14 heteroatoms. The number of urea groups is 1. The minimum absolute atomic E-state index is 0.00378. The van der Waals surface area contributed by atoms with E-state index < -0.39 is 40.6 Å². The first kappa shape index (κ1) is 23.8. The Morgan fingerprint density at radius 2 is 2.00 bits per heavy atom. The Hall–Kier alpha value is -4.56. The Kier molecular flexibility index (Phi) is 5.15. The highest BCUT2D eigenvalue weighted by Gasteiger charge is 2.53. The third kappa shape index (κ3) is 3.34. The number of hydrogen-bond acceptors (Lipinski definition) is 9. The van der Waals surface area contributed by atoms with Gasteiger partial charge < -0.3 is 19.4 Å². The van der Waals surface area contributed by atoms with Gasteiger partial charge in [-0.15, -0.1) is 0 Å². The van der Waals surface area contributed by atoms with Gasteiger partial charge in [0.2, 0.25) is 5.71 Å². The maximum atomic E-state index is 14.9. The fraction of sp³-hybridized carbons (Fsp3) is 0.292. The van der Waals surface area contributed by atoms with E-state index in [0.717, 1.165) is 0 Å². The van der Waals surface area contributed by atoms with Crippen LogP contribution in [0.5, 0.6) is 5.75 Å². The van der Waals surface area contributed by atoms with Crippen molar-refractivity contribution in [3.8, 4) is 5.75 Å². The first-order chi connectivity index (χ1) is 18.2. The molecule has 5 amide bonds. The van der Waals surface area contributed by atoms with Gasteiger partial charge in [-0.3, -0.25) is 29.9 Å². The molecule has 2 aromatic heterocycles. The van der Waals surface area contributed by atoms with Crippen LogP contribution in [0, 0.1) is 5.82 Å². The van der Waals surface area contributed by atoms with Crippen LogP contribution in [0.4, 0.5) is 9.18 Å². The van der Waals surface area contributed by atoms with E-state index >= 15 is 0 Å². The molecule has 0 radical (unpaired) electrons. The number of carbonyl (C=O) groups is 4. The van der Waals surface area contributed by atoms with Crippen LogP contribution in [0.2, 0.25) is 0 Å². The van der Waals surface area contributed by atoms with Gasteiger partial charge in [-0.1, -0.05) is 6.07 Å². The SMILES string of the molecule is COc1ccc2c(c1F)C(=O)N(C[C@@]1(c3cc4cc(C5(C)NCONC5=O)cnc4o3)NC(=O)NC1=O)C2. The van der Waals surface area contributed by atoms with Crippen LogP contribution < -0.4 is 26.2 Å². The number of benzene rings is 1. The largest absolute Gasteiger partial charge is 0.494 e. The van der Waals surface area contributed by atoms with Crippen LogP contribution in [0.1, 0.15) is 34.2 Å². The Morgan fingerprint density at radius 1 is 1.18 bits per heavy atom. The number of furan rings is 1. The van der Waals surface area contributed by atoms with Crippen molar-refractivity contribution in [3.63, 3.8) is 0 Å². The summed E-state index contributed by atoms with van der Waals surface area (Å²) in [5.74, 6) is -2.71. The zero-order chi connectivity index (χ0) is 26.8. The number of aromatic nitrogens is 1. The first-order valence-corrected chi connectivity index (χ1v) is 11.5. The molecule has 0 bridgehead atoms. The van der Waals surface area contributed by atoms with Crippen LogP contribution in [-0.4, -0.2) is 54.0 Å². The molecule has 38 heavy (non-hydrogen) atoms. The topological polar surface area (TPSA) is 164 Å². The van der Waals surface area contributed by atoms with E-state index in [9.17, 15) is 23.6 Å². The van der Waals surface area contributed by atoms with Crippen LogP contribution in [0.25, 0.3) is 11.1 Å². The second kappa shape index (κ2) is 8.22. The molecule has 1 aromatic carbocycles. The van der Waals surface area contributed by atoms with E-state index in [-0.39, 0.29) is 42.6 Å².